The predicted octanol–water partition coefficient (Wildman–Crippen LogP) is 1.00. The van der Waals surface area contributed by atoms with Crippen molar-refractivity contribution in [2.45, 2.75) is 6.54 Å². The third-order valence-corrected chi connectivity index (χ3v) is 2.66. The van der Waals surface area contributed by atoms with Gasteiger partial charge in [-0.15, -0.1) is 0 Å². The zero-order chi connectivity index (χ0) is 10.8. The van der Waals surface area contributed by atoms with Gasteiger partial charge in [-0.2, -0.15) is 5.06 Å². The molecule has 1 heterocycles. The van der Waals surface area contributed by atoms with Crippen LogP contribution in [0.5, 0.6) is 0 Å². The number of carbonyl (C=O) groups is 1. The maximum atomic E-state index is 11.1. The number of hydroxylamine groups is 2. The standard InChI is InChI=1S/C10H10N2O2S/c13-9-7-11(10(15)12(9)14)6-8-4-2-1-3-5-8/h1-5,14H,6-7H2. The molecule has 1 aromatic carbocycles. The van der Waals surface area contributed by atoms with Crippen LogP contribution in [0.3, 0.4) is 0 Å². The molecule has 1 aromatic rings. The molecule has 0 atom stereocenters. The van der Waals surface area contributed by atoms with Crippen LogP contribution in [0, 0.1) is 0 Å². The minimum Gasteiger partial charge on any atom is -0.333 e. The van der Waals surface area contributed by atoms with Gasteiger partial charge in [0, 0.05) is 6.54 Å². The molecule has 0 unspecified atom stereocenters. The number of benzene rings is 1. The molecule has 4 nitrogen and oxygen atoms in total. The molecule has 0 radical (unpaired) electrons. The van der Waals surface area contributed by atoms with Crippen molar-refractivity contribution in [3.8, 4) is 0 Å². The highest BCUT2D eigenvalue weighted by Crippen LogP contribution is 2.12. The summed E-state index contributed by atoms with van der Waals surface area (Å²) in [5.74, 6) is -0.379. The molecule has 1 amide bonds. The molecule has 0 bridgehead atoms. The summed E-state index contributed by atoms with van der Waals surface area (Å²) < 4.78 is 0. The van der Waals surface area contributed by atoms with Crippen LogP contribution >= 0.6 is 12.2 Å². The zero-order valence-corrected chi connectivity index (χ0v) is 8.78. The lowest BCUT2D eigenvalue weighted by molar-refractivity contribution is -0.144. The lowest BCUT2D eigenvalue weighted by Gasteiger charge is -2.16. The number of thiocarbonyl (C=S) groups is 1. The Bertz CT molecular complexity index is 394. The van der Waals surface area contributed by atoms with Crippen molar-refractivity contribution in [1.29, 1.82) is 0 Å². The minimum absolute atomic E-state index is 0.143. The van der Waals surface area contributed by atoms with Crippen molar-refractivity contribution in [3.63, 3.8) is 0 Å². The highest BCUT2D eigenvalue weighted by molar-refractivity contribution is 7.80. The van der Waals surface area contributed by atoms with Crippen LogP contribution in [0.25, 0.3) is 0 Å². The number of rotatable bonds is 2. The van der Waals surface area contributed by atoms with Crippen LogP contribution in [-0.4, -0.2) is 32.7 Å². The SMILES string of the molecule is O=C1CN(Cc2ccccc2)C(=S)N1O. The highest BCUT2D eigenvalue weighted by Gasteiger charge is 2.31. The van der Waals surface area contributed by atoms with E-state index in [2.05, 4.69) is 0 Å². The van der Waals surface area contributed by atoms with Crippen molar-refractivity contribution >= 4 is 23.2 Å². The van der Waals surface area contributed by atoms with E-state index in [1.54, 1.807) is 4.90 Å². The second-order valence-corrected chi connectivity index (χ2v) is 3.69. The fourth-order valence-electron chi connectivity index (χ4n) is 1.47. The number of nitrogens with zero attached hydrogens (tertiary/aromatic N) is 2. The molecule has 1 saturated heterocycles. The second kappa shape index (κ2) is 3.96. The first-order chi connectivity index (χ1) is 7.18. The third kappa shape index (κ3) is 1.98. The maximum Gasteiger partial charge on any atom is 0.272 e. The summed E-state index contributed by atoms with van der Waals surface area (Å²) >= 11 is 4.92. The normalized spacial score (nSPS) is 16.3. The summed E-state index contributed by atoms with van der Waals surface area (Å²) in [6.07, 6.45) is 0. The molecule has 2 rings (SSSR count). The van der Waals surface area contributed by atoms with Crippen molar-refractivity contribution in [3.05, 3.63) is 35.9 Å². The van der Waals surface area contributed by atoms with Gasteiger partial charge in [0.2, 0.25) is 5.11 Å². The lowest BCUT2D eigenvalue weighted by Crippen LogP contribution is -2.29. The van der Waals surface area contributed by atoms with Gasteiger partial charge in [0.15, 0.2) is 0 Å². The van der Waals surface area contributed by atoms with Crippen LogP contribution in [0.15, 0.2) is 30.3 Å². The van der Waals surface area contributed by atoms with Gasteiger partial charge in [0.05, 0.1) is 0 Å². The van der Waals surface area contributed by atoms with Gasteiger partial charge < -0.3 is 4.90 Å². The van der Waals surface area contributed by atoms with Crippen LogP contribution in [0.1, 0.15) is 5.56 Å². The molecular weight excluding hydrogens is 212 g/mol. The van der Waals surface area contributed by atoms with E-state index in [4.69, 9.17) is 12.2 Å². The fourth-order valence-corrected chi connectivity index (χ4v) is 1.70. The van der Waals surface area contributed by atoms with Gasteiger partial charge in [-0.25, -0.2) is 0 Å². The quantitative estimate of drug-likeness (QED) is 0.599. The average Bonchev–Trinajstić information content (AvgIpc) is 2.48. The van der Waals surface area contributed by atoms with Crippen molar-refractivity contribution in [1.82, 2.24) is 9.96 Å². The fraction of sp³-hybridized carbons (Fsp3) is 0.200. The van der Waals surface area contributed by atoms with E-state index in [1.807, 2.05) is 30.3 Å². The van der Waals surface area contributed by atoms with E-state index in [-0.39, 0.29) is 17.6 Å². The van der Waals surface area contributed by atoms with E-state index in [1.165, 1.54) is 0 Å². The van der Waals surface area contributed by atoms with E-state index >= 15 is 0 Å². The van der Waals surface area contributed by atoms with Crippen molar-refractivity contribution in [2.24, 2.45) is 0 Å². The number of carbonyl (C=O) groups excluding carboxylic acids is 1. The Morgan fingerprint density at radius 3 is 2.53 bits per heavy atom. The molecule has 78 valence electrons. The topological polar surface area (TPSA) is 43.8 Å². The van der Waals surface area contributed by atoms with Gasteiger partial charge >= 0.3 is 0 Å². The Morgan fingerprint density at radius 1 is 1.33 bits per heavy atom. The minimum atomic E-state index is -0.379. The average molecular weight is 222 g/mol. The maximum absolute atomic E-state index is 11.1. The second-order valence-electron chi connectivity index (χ2n) is 3.33. The van der Waals surface area contributed by atoms with E-state index in [0.29, 0.717) is 11.6 Å². The Kier molecular flexibility index (Phi) is 2.66. The van der Waals surface area contributed by atoms with E-state index in [9.17, 15) is 10.0 Å². The van der Waals surface area contributed by atoms with Gasteiger partial charge in [0.1, 0.15) is 6.54 Å². The summed E-state index contributed by atoms with van der Waals surface area (Å²) in [5.41, 5.74) is 1.06. The Balaban J connectivity index is 2.09. The summed E-state index contributed by atoms with van der Waals surface area (Å²) in [5, 5.41) is 9.91. The lowest BCUT2D eigenvalue weighted by atomic mass is 10.2. The summed E-state index contributed by atoms with van der Waals surface area (Å²) in [6, 6.07) is 9.68. The van der Waals surface area contributed by atoms with Crippen molar-refractivity contribution < 1.29 is 10.0 Å². The Hall–Kier alpha value is -1.46. The van der Waals surface area contributed by atoms with Crippen LogP contribution in [0.2, 0.25) is 0 Å². The monoisotopic (exact) mass is 222 g/mol. The van der Waals surface area contributed by atoms with Gasteiger partial charge in [0.25, 0.3) is 5.91 Å². The molecule has 0 spiro atoms. The number of hydrogen-bond acceptors (Lipinski definition) is 3. The predicted molar refractivity (Wildman–Crippen MR) is 58.1 cm³/mol. The first-order valence-electron chi connectivity index (χ1n) is 4.53. The molecule has 0 saturated carbocycles. The van der Waals surface area contributed by atoms with Crippen molar-refractivity contribution in [2.75, 3.05) is 6.54 Å². The summed E-state index contributed by atoms with van der Waals surface area (Å²) in [4.78, 5) is 12.8. The molecule has 0 aromatic heterocycles. The largest absolute Gasteiger partial charge is 0.333 e. The Labute approximate surface area is 92.7 Å². The van der Waals surface area contributed by atoms with Crippen LogP contribution < -0.4 is 0 Å². The summed E-state index contributed by atoms with van der Waals surface area (Å²) in [6.45, 7) is 0.687. The van der Waals surface area contributed by atoms with Gasteiger partial charge in [-0.1, -0.05) is 30.3 Å². The molecule has 1 N–H and O–H groups in total. The molecule has 5 heteroatoms. The first kappa shape index (κ1) is 10.1. The smallest absolute Gasteiger partial charge is 0.272 e. The first-order valence-corrected chi connectivity index (χ1v) is 4.94. The highest BCUT2D eigenvalue weighted by atomic mass is 32.1. The van der Waals surface area contributed by atoms with E-state index < -0.39 is 0 Å². The molecule has 1 aliphatic rings. The summed E-state index contributed by atoms with van der Waals surface area (Å²) in [7, 11) is 0. The molecular formula is C10H10N2O2S. The van der Waals surface area contributed by atoms with E-state index in [0.717, 1.165) is 5.56 Å². The number of amides is 1. The van der Waals surface area contributed by atoms with Crippen LogP contribution in [0.4, 0.5) is 0 Å². The number of hydrogen-bond donors (Lipinski definition) is 1. The van der Waals surface area contributed by atoms with Crippen LogP contribution in [-0.2, 0) is 11.3 Å². The third-order valence-electron chi connectivity index (χ3n) is 2.23. The van der Waals surface area contributed by atoms with Gasteiger partial charge in [-0.05, 0) is 17.8 Å². The molecule has 0 aliphatic carbocycles. The molecule has 15 heavy (non-hydrogen) atoms. The Morgan fingerprint density at radius 2 is 2.00 bits per heavy atom. The molecule has 1 fully saturated rings. The zero-order valence-electron chi connectivity index (χ0n) is 7.96. The van der Waals surface area contributed by atoms with Gasteiger partial charge in [-0.3, -0.25) is 10.0 Å². The molecule has 1 aliphatic heterocycles.